The normalized spacial score (nSPS) is 10.5. The Kier molecular flexibility index (Phi) is 5.11. The first kappa shape index (κ1) is 17.1. The molecule has 0 unspecified atom stereocenters. The van der Waals surface area contributed by atoms with Crippen molar-refractivity contribution in [2.45, 2.75) is 20.8 Å². The Bertz CT molecular complexity index is 760. The second-order valence-corrected chi connectivity index (χ2v) is 5.45. The zero-order valence-electron chi connectivity index (χ0n) is 13.6. The highest BCUT2D eigenvalue weighted by Gasteiger charge is 2.21. The summed E-state index contributed by atoms with van der Waals surface area (Å²) in [5.74, 6) is 0.193. The Balaban J connectivity index is 2.72. The third kappa shape index (κ3) is 3.24. The molecule has 0 aliphatic heterocycles. The van der Waals surface area contributed by atoms with E-state index in [1.807, 2.05) is 26.0 Å². The number of nitrogens with zero attached hydrogens (tertiary/aromatic N) is 1. The number of hydrogen-bond donors (Lipinski definition) is 1. The van der Waals surface area contributed by atoms with E-state index >= 15 is 0 Å². The van der Waals surface area contributed by atoms with Crippen molar-refractivity contribution in [1.82, 2.24) is 4.98 Å². The van der Waals surface area contributed by atoms with Gasteiger partial charge in [-0.15, -0.1) is 0 Å². The fraction of sp³-hybridized carbons (Fsp3) is 0.294. The lowest BCUT2D eigenvalue weighted by Crippen LogP contribution is -2.10. The van der Waals surface area contributed by atoms with Crippen LogP contribution in [0.4, 0.5) is 5.69 Å². The van der Waals surface area contributed by atoms with E-state index in [1.165, 1.54) is 6.07 Å². The summed E-state index contributed by atoms with van der Waals surface area (Å²) in [5.41, 5.74) is 9.73. The van der Waals surface area contributed by atoms with Gasteiger partial charge in [-0.25, -0.2) is 9.78 Å². The van der Waals surface area contributed by atoms with Gasteiger partial charge in [-0.2, -0.15) is 0 Å². The predicted molar refractivity (Wildman–Crippen MR) is 91.1 cm³/mol. The topological polar surface area (TPSA) is 74.4 Å². The van der Waals surface area contributed by atoms with E-state index in [0.29, 0.717) is 11.4 Å². The van der Waals surface area contributed by atoms with E-state index in [1.54, 1.807) is 14.0 Å². The molecular weight excluding hydrogens is 316 g/mol. The van der Waals surface area contributed by atoms with Crippen molar-refractivity contribution in [3.05, 3.63) is 40.0 Å². The number of carbonyl (C=O) groups is 1. The number of hydrogen-bond acceptors (Lipinski definition) is 5. The summed E-state index contributed by atoms with van der Waals surface area (Å²) in [6, 6.07) is 5.21. The van der Waals surface area contributed by atoms with Crippen LogP contribution in [0.15, 0.2) is 18.2 Å². The number of nitrogens with two attached hydrogens (primary N) is 1. The average molecular weight is 335 g/mol. The fourth-order valence-electron chi connectivity index (χ4n) is 2.51. The lowest BCUT2D eigenvalue weighted by Gasteiger charge is -2.16. The van der Waals surface area contributed by atoms with E-state index in [0.717, 1.165) is 16.7 Å². The number of halogens is 1. The molecular formula is C17H19ClN2O3. The Labute approximate surface area is 140 Å². The summed E-state index contributed by atoms with van der Waals surface area (Å²) in [6.45, 7) is 5.83. The van der Waals surface area contributed by atoms with Crippen LogP contribution in [-0.2, 0) is 4.74 Å². The van der Waals surface area contributed by atoms with Crippen LogP contribution in [0.5, 0.6) is 5.75 Å². The zero-order chi connectivity index (χ0) is 17.1. The van der Waals surface area contributed by atoms with Gasteiger partial charge in [-0.1, -0.05) is 17.7 Å². The number of aromatic nitrogens is 1. The van der Waals surface area contributed by atoms with Crippen LogP contribution in [0, 0.1) is 13.8 Å². The number of methoxy groups -OCH3 is 1. The van der Waals surface area contributed by atoms with Crippen molar-refractivity contribution < 1.29 is 14.3 Å². The first-order chi connectivity index (χ1) is 10.9. The highest BCUT2D eigenvalue weighted by molar-refractivity contribution is 6.30. The standard InChI is InChI=1S/C17H19ClN2O3/c1-5-23-17(21)11-8-13(18)20-16(15(11)19)14-9(2)6-7-12(22-4)10(14)3/h6-8H,5,19H2,1-4H3. The maximum atomic E-state index is 12.1. The summed E-state index contributed by atoms with van der Waals surface area (Å²) >= 11 is 6.09. The molecule has 122 valence electrons. The molecule has 0 radical (unpaired) electrons. The Morgan fingerprint density at radius 1 is 1.35 bits per heavy atom. The number of ether oxygens (including phenoxy) is 2. The molecule has 2 N–H and O–H groups in total. The lowest BCUT2D eigenvalue weighted by atomic mass is 9.96. The van der Waals surface area contributed by atoms with Crippen molar-refractivity contribution >= 4 is 23.3 Å². The van der Waals surface area contributed by atoms with Gasteiger partial charge >= 0.3 is 5.97 Å². The van der Waals surface area contributed by atoms with Crippen LogP contribution >= 0.6 is 11.6 Å². The third-order valence-electron chi connectivity index (χ3n) is 3.60. The van der Waals surface area contributed by atoms with Crippen LogP contribution in [0.3, 0.4) is 0 Å². The van der Waals surface area contributed by atoms with Gasteiger partial charge in [0.05, 0.1) is 30.7 Å². The van der Waals surface area contributed by atoms with Crippen molar-refractivity contribution in [1.29, 1.82) is 0 Å². The minimum atomic E-state index is -0.520. The smallest absolute Gasteiger partial charge is 0.340 e. The summed E-state index contributed by atoms with van der Waals surface area (Å²) < 4.78 is 10.4. The maximum absolute atomic E-state index is 12.1. The van der Waals surface area contributed by atoms with Crippen LogP contribution in [0.25, 0.3) is 11.3 Å². The van der Waals surface area contributed by atoms with Gasteiger partial charge in [0.2, 0.25) is 0 Å². The molecule has 2 aromatic rings. The Hall–Kier alpha value is -2.27. The number of pyridine rings is 1. The highest BCUT2D eigenvalue weighted by Crippen LogP contribution is 2.37. The monoisotopic (exact) mass is 334 g/mol. The number of rotatable bonds is 4. The van der Waals surface area contributed by atoms with Crippen molar-refractivity contribution in [3.63, 3.8) is 0 Å². The molecule has 0 fully saturated rings. The van der Waals surface area contributed by atoms with Crippen molar-refractivity contribution in [3.8, 4) is 17.0 Å². The molecule has 0 aliphatic rings. The van der Waals surface area contributed by atoms with Gasteiger partial charge < -0.3 is 15.2 Å². The summed E-state index contributed by atoms with van der Waals surface area (Å²) in [6.07, 6.45) is 0. The second kappa shape index (κ2) is 6.87. The molecule has 2 rings (SSSR count). The molecule has 23 heavy (non-hydrogen) atoms. The molecule has 0 atom stereocenters. The predicted octanol–water partition coefficient (Wildman–Crippen LogP) is 3.79. The summed E-state index contributed by atoms with van der Waals surface area (Å²) in [7, 11) is 1.60. The second-order valence-electron chi connectivity index (χ2n) is 5.06. The van der Waals surface area contributed by atoms with Gasteiger partial charge in [0.25, 0.3) is 0 Å². The van der Waals surface area contributed by atoms with Crippen molar-refractivity contribution in [2.75, 3.05) is 19.5 Å². The number of anilines is 1. The van der Waals surface area contributed by atoms with Crippen molar-refractivity contribution in [2.24, 2.45) is 0 Å². The minimum absolute atomic E-state index is 0.180. The molecule has 0 bridgehead atoms. The SMILES string of the molecule is CCOC(=O)c1cc(Cl)nc(-c2c(C)ccc(OC)c2C)c1N. The van der Waals surface area contributed by atoms with E-state index in [-0.39, 0.29) is 23.0 Å². The van der Waals surface area contributed by atoms with E-state index in [4.69, 9.17) is 26.8 Å². The van der Waals surface area contributed by atoms with Crippen LogP contribution in [0.2, 0.25) is 5.15 Å². The molecule has 0 aliphatic carbocycles. The summed E-state index contributed by atoms with van der Waals surface area (Å²) in [5, 5.41) is 0.180. The van der Waals surface area contributed by atoms with Gasteiger partial charge in [-0.05, 0) is 38.5 Å². The van der Waals surface area contributed by atoms with Crippen LogP contribution < -0.4 is 10.5 Å². The number of esters is 1. The lowest BCUT2D eigenvalue weighted by molar-refractivity contribution is 0.0527. The molecule has 0 saturated carbocycles. The average Bonchev–Trinajstić information content (AvgIpc) is 2.50. The van der Waals surface area contributed by atoms with E-state index < -0.39 is 5.97 Å². The number of carbonyl (C=O) groups excluding carboxylic acids is 1. The highest BCUT2D eigenvalue weighted by atomic mass is 35.5. The summed E-state index contributed by atoms with van der Waals surface area (Å²) in [4.78, 5) is 16.4. The molecule has 1 aromatic carbocycles. The van der Waals surface area contributed by atoms with Gasteiger partial charge in [0.15, 0.2) is 0 Å². The Morgan fingerprint density at radius 3 is 2.65 bits per heavy atom. The molecule has 0 saturated heterocycles. The molecule has 0 spiro atoms. The molecule has 1 aromatic heterocycles. The first-order valence-corrected chi connectivity index (χ1v) is 7.56. The van der Waals surface area contributed by atoms with E-state index in [9.17, 15) is 4.79 Å². The Morgan fingerprint density at radius 2 is 2.04 bits per heavy atom. The molecule has 1 heterocycles. The quantitative estimate of drug-likeness (QED) is 0.680. The van der Waals surface area contributed by atoms with Crippen LogP contribution in [0.1, 0.15) is 28.4 Å². The number of aryl methyl sites for hydroxylation is 1. The van der Waals surface area contributed by atoms with E-state index in [2.05, 4.69) is 4.98 Å². The fourth-order valence-corrected chi connectivity index (χ4v) is 2.70. The van der Waals surface area contributed by atoms with Crippen LogP contribution in [-0.4, -0.2) is 24.7 Å². The number of nitrogen functional groups attached to an aromatic ring is 1. The largest absolute Gasteiger partial charge is 0.496 e. The molecule has 5 nitrogen and oxygen atoms in total. The first-order valence-electron chi connectivity index (χ1n) is 7.18. The molecule has 6 heteroatoms. The van der Waals surface area contributed by atoms with Gasteiger partial charge in [0.1, 0.15) is 10.9 Å². The maximum Gasteiger partial charge on any atom is 0.340 e. The minimum Gasteiger partial charge on any atom is -0.496 e. The number of benzene rings is 1. The molecule has 0 amide bonds. The third-order valence-corrected chi connectivity index (χ3v) is 3.80. The van der Waals surface area contributed by atoms with Gasteiger partial charge in [-0.3, -0.25) is 0 Å². The van der Waals surface area contributed by atoms with Gasteiger partial charge in [0, 0.05) is 11.1 Å². The zero-order valence-corrected chi connectivity index (χ0v) is 14.3.